The number of hydrogen-bond acceptors (Lipinski definition) is 4. The molecule has 6 heteroatoms. The van der Waals surface area contributed by atoms with Crippen LogP contribution in [0, 0.1) is 5.92 Å². The van der Waals surface area contributed by atoms with Gasteiger partial charge in [-0.2, -0.15) is 0 Å². The predicted molar refractivity (Wildman–Crippen MR) is 95.7 cm³/mol. The second-order valence-electron chi connectivity index (χ2n) is 6.73. The first-order valence-corrected chi connectivity index (χ1v) is 8.93. The molecule has 1 aromatic heterocycles. The average molecular weight is 351 g/mol. The van der Waals surface area contributed by atoms with Crippen molar-refractivity contribution in [3.05, 3.63) is 60.4 Å². The maximum Gasteiger partial charge on any atom is 0.415 e. The minimum atomic E-state index is -0.390. The first-order chi connectivity index (χ1) is 12.7. The Kier molecular flexibility index (Phi) is 4.56. The number of pyridine rings is 1. The molecule has 2 aliphatic rings. The van der Waals surface area contributed by atoms with Crippen LogP contribution in [0.2, 0.25) is 0 Å². The van der Waals surface area contributed by atoms with Gasteiger partial charge in [-0.3, -0.25) is 9.78 Å². The summed E-state index contributed by atoms with van der Waals surface area (Å²) >= 11 is 0. The number of carbonyl (C=O) groups is 2. The molecule has 0 N–H and O–H groups in total. The molecule has 2 atom stereocenters. The van der Waals surface area contributed by atoms with E-state index in [0.29, 0.717) is 37.8 Å². The van der Waals surface area contributed by atoms with Gasteiger partial charge in [0.25, 0.3) is 0 Å². The van der Waals surface area contributed by atoms with Gasteiger partial charge in [0.15, 0.2) is 5.75 Å². The first-order valence-electron chi connectivity index (χ1n) is 8.93. The summed E-state index contributed by atoms with van der Waals surface area (Å²) in [5, 5.41) is 0. The summed E-state index contributed by atoms with van der Waals surface area (Å²) in [6.45, 7) is 2.10. The highest BCUT2D eigenvalue weighted by Crippen LogP contribution is 2.48. The molecular formula is C20H21N3O3. The molecule has 0 bridgehead atoms. The molecule has 1 aliphatic heterocycles. The van der Waals surface area contributed by atoms with E-state index in [2.05, 4.69) is 17.1 Å². The molecule has 6 nitrogen and oxygen atoms in total. The van der Waals surface area contributed by atoms with Crippen LogP contribution in [0.1, 0.15) is 17.9 Å². The molecule has 134 valence electrons. The molecule has 4 rings (SSSR count). The van der Waals surface area contributed by atoms with E-state index in [-0.39, 0.29) is 11.8 Å². The number of rotatable bonds is 3. The Bertz CT molecular complexity index is 773. The van der Waals surface area contributed by atoms with Crippen molar-refractivity contribution in [3.63, 3.8) is 0 Å². The lowest BCUT2D eigenvalue weighted by Gasteiger charge is -2.34. The summed E-state index contributed by atoms with van der Waals surface area (Å²) in [4.78, 5) is 32.3. The molecule has 2 fully saturated rings. The van der Waals surface area contributed by atoms with E-state index in [1.807, 2.05) is 23.1 Å². The van der Waals surface area contributed by atoms with Crippen LogP contribution in [0.3, 0.4) is 0 Å². The van der Waals surface area contributed by atoms with Crippen LogP contribution in [0.15, 0.2) is 54.9 Å². The van der Waals surface area contributed by atoms with E-state index in [9.17, 15) is 9.59 Å². The zero-order valence-corrected chi connectivity index (χ0v) is 14.5. The van der Waals surface area contributed by atoms with Crippen molar-refractivity contribution in [1.82, 2.24) is 14.8 Å². The number of nitrogens with zero attached hydrogens (tertiary/aromatic N) is 3. The normalized spacial score (nSPS) is 22.0. The Labute approximate surface area is 152 Å². The van der Waals surface area contributed by atoms with Crippen LogP contribution >= 0.6 is 0 Å². The third-order valence-electron chi connectivity index (χ3n) is 5.02. The van der Waals surface area contributed by atoms with Crippen LogP contribution in [0.25, 0.3) is 0 Å². The SMILES string of the molecule is O=C(Oc1cccnc1)N1CCN(C(=O)[C@H]2C[C@@H]2c2ccccc2)CC1. The highest BCUT2D eigenvalue weighted by atomic mass is 16.6. The first kappa shape index (κ1) is 16.6. The second-order valence-corrected chi connectivity index (χ2v) is 6.73. The highest BCUT2D eigenvalue weighted by Gasteiger charge is 2.46. The van der Waals surface area contributed by atoms with Crippen LogP contribution in [0.5, 0.6) is 5.75 Å². The maximum absolute atomic E-state index is 12.7. The van der Waals surface area contributed by atoms with Crippen LogP contribution in [0.4, 0.5) is 4.79 Å². The summed E-state index contributed by atoms with van der Waals surface area (Å²) in [5.41, 5.74) is 1.24. The van der Waals surface area contributed by atoms with Crippen LogP contribution < -0.4 is 4.74 Å². The predicted octanol–water partition coefficient (Wildman–Crippen LogP) is 2.53. The molecule has 0 spiro atoms. The molecule has 2 aromatic rings. The summed E-state index contributed by atoms with van der Waals surface area (Å²) in [6.07, 6.45) is 3.67. The van der Waals surface area contributed by atoms with Crippen LogP contribution in [-0.2, 0) is 4.79 Å². The van der Waals surface area contributed by atoms with Gasteiger partial charge >= 0.3 is 6.09 Å². The Hall–Kier alpha value is -2.89. The van der Waals surface area contributed by atoms with Gasteiger partial charge in [0.2, 0.25) is 5.91 Å². The summed E-state index contributed by atoms with van der Waals surface area (Å²) in [5.74, 6) is 1.07. The maximum atomic E-state index is 12.7. The van der Waals surface area contributed by atoms with Gasteiger partial charge in [0.05, 0.1) is 6.20 Å². The fourth-order valence-electron chi connectivity index (χ4n) is 3.45. The molecule has 2 heterocycles. The smallest absolute Gasteiger partial charge is 0.409 e. The van der Waals surface area contributed by atoms with Gasteiger partial charge in [-0.1, -0.05) is 30.3 Å². The van der Waals surface area contributed by atoms with Crippen molar-refractivity contribution >= 4 is 12.0 Å². The zero-order chi connectivity index (χ0) is 17.9. The molecule has 1 aliphatic carbocycles. The van der Waals surface area contributed by atoms with Crippen molar-refractivity contribution in [1.29, 1.82) is 0 Å². The molecule has 0 radical (unpaired) electrons. The van der Waals surface area contributed by atoms with Gasteiger partial charge in [-0.05, 0) is 30.0 Å². The van der Waals surface area contributed by atoms with Crippen molar-refractivity contribution in [3.8, 4) is 5.75 Å². The minimum Gasteiger partial charge on any atom is -0.409 e. The van der Waals surface area contributed by atoms with E-state index in [0.717, 1.165) is 6.42 Å². The van der Waals surface area contributed by atoms with Crippen LogP contribution in [-0.4, -0.2) is 53.0 Å². The van der Waals surface area contributed by atoms with Crippen molar-refractivity contribution in [2.45, 2.75) is 12.3 Å². The lowest BCUT2D eigenvalue weighted by atomic mass is 10.1. The molecule has 1 saturated carbocycles. The van der Waals surface area contributed by atoms with Crippen molar-refractivity contribution in [2.75, 3.05) is 26.2 Å². The topological polar surface area (TPSA) is 62.7 Å². The second kappa shape index (κ2) is 7.15. The number of benzene rings is 1. The lowest BCUT2D eigenvalue weighted by molar-refractivity contribution is -0.134. The van der Waals surface area contributed by atoms with E-state index in [1.165, 1.54) is 11.8 Å². The summed E-state index contributed by atoms with van der Waals surface area (Å²) < 4.78 is 5.31. The van der Waals surface area contributed by atoms with Gasteiger partial charge in [0.1, 0.15) is 0 Å². The Balaban J connectivity index is 1.27. The quantitative estimate of drug-likeness (QED) is 0.852. The standard InChI is InChI=1S/C20H21N3O3/c24-19(18-13-17(18)15-5-2-1-3-6-15)22-9-11-23(12-10-22)20(25)26-16-7-4-8-21-14-16/h1-8,14,17-18H,9-13H2/t17-,18+/m1/s1. The highest BCUT2D eigenvalue weighted by molar-refractivity contribution is 5.83. The largest absolute Gasteiger partial charge is 0.415 e. The van der Waals surface area contributed by atoms with Gasteiger partial charge in [0, 0.05) is 38.3 Å². The molecule has 2 amide bonds. The number of amides is 2. The third kappa shape index (κ3) is 3.54. The minimum absolute atomic E-state index is 0.0892. The van der Waals surface area contributed by atoms with Gasteiger partial charge in [-0.25, -0.2) is 4.79 Å². The van der Waals surface area contributed by atoms with E-state index < -0.39 is 6.09 Å². The number of hydrogen-bond donors (Lipinski definition) is 0. The monoisotopic (exact) mass is 351 g/mol. The molecule has 26 heavy (non-hydrogen) atoms. The molecule has 0 unspecified atom stereocenters. The number of carbonyl (C=O) groups excluding carboxylic acids is 2. The number of aromatic nitrogens is 1. The number of ether oxygens (including phenoxy) is 1. The summed E-state index contributed by atoms with van der Waals surface area (Å²) in [6, 6.07) is 13.6. The van der Waals surface area contributed by atoms with E-state index >= 15 is 0 Å². The fraction of sp³-hybridized carbons (Fsp3) is 0.350. The molecule has 1 saturated heterocycles. The van der Waals surface area contributed by atoms with E-state index in [1.54, 1.807) is 23.2 Å². The summed E-state index contributed by atoms with van der Waals surface area (Å²) in [7, 11) is 0. The van der Waals surface area contributed by atoms with Gasteiger partial charge in [-0.15, -0.1) is 0 Å². The fourth-order valence-corrected chi connectivity index (χ4v) is 3.45. The third-order valence-corrected chi connectivity index (χ3v) is 5.02. The zero-order valence-electron chi connectivity index (χ0n) is 14.5. The molecular weight excluding hydrogens is 330 g/mol. The van der Waals surface area contributed by atoms with Crippen molar-refractivity contribution in [2.24, 2.45) is 5.92 Å². The lowest BCUT2D eigenvalue weighted by Crippen LogP contribution is -2.51. The average Bonchev–Trinajstić information content (AvgIpc) is 3.50. The van der Waals surface area contributed by atoms with Crippen molar-refractivity contribution < 1.29 is 14.3 Å². The Morgan fingerprint density at radius 1 is 0.962 bits per heavy atom. The number of piperazine rings is 1. The Morgan fingerprint density at radius 2 is 1.69 bits per heavy atom. The Morgan fingerprint density at radius 3 is 2.38 bits per heavy atom. The van der Waals surface area contributed by atoms with E-state index in [4.69, 9.17) is 4.74 Å². The molecule has 1 aromatic carbocycles. The van der Waals surface area contributed by atoms with Gasteiger partial charge < -0.3 is 14.5 Å².